The molecule has 6 heteroatoms. The molecule has 0 radical (unpaired) electrons. The number of hydrogen-bond acceptors (Lipinski definition) is 6. The fraction of sp³-hybridized carbons (Fsp3) is 0.542. The Morgan fingerprint density at radius 3 is 2.60 bits per heavy atom. The summed E-state index contributed by atoms with van der Waals surface area (Å²) in [6.07, 6.45) is 8.86. The Morgan fingerprint density at radius 2 is 1.87 bits per heavy atom. The Labute approximate surface area is 178 Å². The van der Waals surface area contributed by atoms with Crippen LogP contribution in [0.3, 0.4) is 0 Å². The maximum absolute atomic E-state index is 9.52. The molecule has 4 bridgehead atoms. The van der Waals surface area contributed by atoms with E-state index in [1.165, 1.54) is 37.7 Å². The van der Waals surface area contributed by atoms with Crippen molar-refractivity contribution < 1.29 is 0 Å². The number of nitrogens with one attached hydrogen (secondary N) is 2. The molecule has 6 nitrogen and oxygen atoms in total. The highest BCUT2D eigenvalue weighted by Crippen LogP contribution is 2.59. The van der Waals surface area contributed by atoms with Gasteiger partial charge in [-0.15, -0.1) is 0 Å². The number of rotatable bonds is 7. The van der Waals surface area contributed by atoms with Crippen LogP contribution in [0, 0.1) is 34.5 Å². The summed E-state index contributed by atoms with van der Waals surface area (Å²) in [5.74, 6) is 3.40. The summed E-state index contributed by atoms with van der Waals surface area (Å²) in [4.78, 5) is 8.95. The molecule has 0 amide bonds. The van der Waals surface area contributed by atoms with E-state index in [4.69, 9.17) is 5.73 Å². The molecule has 4 aliphatic rings. The molecule has 4 N–H and O–H groups in total. The van der Waals surface area contributed by atoms with E-state index in [2.05, 4.69) is 38.8 Å². The van der Waals surface area contributed by atoms with Crippen LogP contribution in [0.2, 0.25) is 0 Å². The van der Waals surface area contributed by atoms with E-state index in [0.717, 1.165) is 25.4 Å². The van der Waals surface area contributed by atoms with Gasteiger partial charge < -0.3 is 16.4 Å². The van der Waals surface area contributed by atoms with Crippen LogP contribution in [0.15, 0.2) is 36.5 Å². The van der Waals surface area contributed by atoms with Gasteiger partial charge in [0, 0.05) is 19.1 Å². The number of hydrogen-bond donors (Lipinski definition) is 3. The van der Waals surface area contributed by atoms with Crippen molar-refractivity contribution in [3.05, 3.63) is 47.7 Å². The molecule has 1 aromatic carbocycles. The van der Waals surface area contributed by atoms with Gasteiger partial charge in [-0.3, -0.25) is 0 Å². The van der Waals surface area contributed by atoms with Crippen LogP contribution in [0.5, 0.6) is 0 Å². The van der Waals surface area contributed by atoms with Gasteiger partial charge in [0.25, 0.3) is 0 Å². The van der Waals surface area contributed by atoms with Crippen molar-refractivity contribution in [1.29, 1.82) is 5.26 Å². The van der Waals surface area contributed by atoms with Crippen molar-refractivity contribution in [2.75, 3.05) is 23.7 Å². The zero-order chi connectivity index (χ0) is 20.6. The Hall–Kier alpha value is -2.65. The van der Waals surface area contributed by atoms with E-state index in [9.17, 15) is 5.26 Å². The fourth-order valence-corrected chi connectivity index (χ4v) is 6.37. The lowest BCUT2D eigenvalue weighted by molar-refractivity contribution is -0.0591. The highest BCUT2D eigenvalue weighted by atomic mass is 15.1. The minimum absolute atomic E-state index is 0.310. The van der Waals surface area contributed by atoms with Crippen molar-refractivity contribution in [1.82, 2.24) is 9.97 Å². The topological polar surface area (TPSA) is 99.6 Å². The van der Waals surface area contributed by atoms with E-state index in [0.29, 0.717) is 40.6 Å². The first-order valence-corrected chi connectivity index (χ1v) is 11.2. The van der Waals surface area contributed by atoms with E-state index in [1.54, 1.807) is 6.20 Å². The second kappa shape index (κ2) is 7.88. The Morgan fingerprint density at radius 1 is 1.10 bits per heavy atom. The third-order valence-corrected chi connectivity index (χ3v) is 7.55. The number of anilines is 2. The van der Waals surface area contributed by atoms with Gasteiger partial charge in [0.15, 0.2) is 0 Å². The maximum atomic E-state index is 9.52. The zero-order valence-electron chi connectivity index (χ0n) is 17.3. The molecule has 5 atom stereocenters. The molecule has 1 aromatic heterocycles. The molecular formula is C24H30N6. The molecule has 4 aliphatic carbocycles. The first kappa shape index (κ1) is 19.3. The van der Waals surface area contributed by atoms with Crippen LogP contribution in [0.25, 0.3) is 0 Å². The van der Waals surface area contributed by atoms with Crippen molar-refractivity contribution in [2.45, 2.75) is 44.6 Å². The van der Waals surface area contributed by atoms with Crippen molar-refractivity contribution in [3.63, 3.8) is 0 Å². The quantitative estimate of drug-likeness (QED) is 0.655. The van der Waals surface area contributed by atoms with Gasteiger partial charge in [-0.2, -0.15) is 10.2 Å². The van der Waals surface area contributed by atoms with E-state index in [1.807, 2.05) is 18.2 Å². The smallest absolute Gasteiger partial charge is 0.224 e. The van der Waals surface area contributed by atoms with Gasteiger partial charge >= 0.3 is 0 Å². The number of benzene rings is 1. The van der Waals surface area contributed by atoms with Gasteiger partial charge in [-0.1, -0.05) is 30.3 Å². The highest BCUT2D eigenvalue weighted by molar-refractivity contribution is 5.53. The van der Waals surface area contributed by atoms with E-state index >= 15 is 0 Å². The summed E-state index contributed by atoms with van der Waals surface area (Å²) in [7, 11) is 0. The lowest BCUT2D eigenvalue weighted by atomic mass is 9.48. The second-order valence-corrected chi connectivity index (χ2v) is 9.63. The van der Waals surface area contributed by atoms with Gasteiger partial charge in [-0.25, -0.2) is 4.98 Å². The third-order valence-electron chi connectivity index (χ3n) is 7.55. The van der Waals surface area contributed by atoms with Crippen molar-refractivity contribution in [2.24, 2.45) is 28.9 Å². The van der Waals surface area contributed by atoms with E-state index in [-0.39, 0.29) is 0 Å². The van der Waals surface area contributed by atoms with Crippen LogP contribution < -0.4 is 16.4 Å². The van der Waals surface area contributed by atoms with E-state index < -0.39 is 0 Å². The molecule has 0 aliphatic heterocycles. The summed E-state index contributed by atoms with van der Waals surface area (Å²) in [5.41, 5.74) is 8.59. The molecule has 0 saturated heterocycles. The predicted octanol–water partition coefficient (Wildman–Crippen LogP) is 3.57. The third kappa shape index (κ3) is 3.75. The molecule has 4 saturated carbocycles. The average molecular weight is 403 g/mol. The first-order valence-electron chi connectivity index (χ1n) is 11.2. The minimum atomic E-state index is 0.310. The molecule has 1 heterocycles. The first-order chi connectivity index (χ1) is 14.6. The summed E-state index contributed by atoms with van der Waals surface area (Å²) in [6, 6.07) is 13.0. The molecule has 2 aromatic rings. The van der Waals surface area contributed by atoms with Gasteiger partial charge in [0.1, 0.15) is 17.5 Å². The molecule has 2 unspecified atom stereocenters. The zero-order valence-corrected chi connectivity index (χ0v) is 17.3. The van der Waals surface area contributed by atoms with Crippen molar-refractivity contribution in [3.8, 4) is 6.07 Å². The van der Waals surface area contributed by atoms with Gasteiger partial charge in [-0.05, 0) is 67.3 Å². The number of nitriles is 1. The monoisotopic (exact) mass is 402 g/mol. The number of nitrogens with two attached hydrogens (primary N) is 1. The molecular weight excluding hydrogens is 372 g/mol. The molecule has 6 rings (SSSR count). The normalized spacial score (nSPS) is 31.3. The summed E-state index contributed by atoms with van der Waals surface area (Å²) in [5, 5.41) is 16.3. The number of nitrogens with zero attached hydrogens (tertiary/aromatic N) is 3. The number of aromatic nitrogens is 2. The maximum Gasteiger partial charge on any atom is 0.224 e. The molecule has 30 heavy (non-hydrogen) atoms. The predicted molar refractivity (Wildman–Crippen MR) is 118 cm³/mol. The average Bonchev–Trinajstić information content (AvgIpc) is 2.76. The minimum Gasteiger partial charge on any atom is -0.368 e. The summed E-state index contributed by atoms with van der Waals surface area (Å²) < 4.78 is 0. The Balaban J connectivity index is 1.24. The lowest BCUT2D eigenvalue weighted by Crippen LogP contribution is -2.58. The van der Waals surface area contributed by atoms with Crippen LogP contribution in [-0.2, 0) is 6.42 Å². The largest absolute Gasteiger partial charge is 0.368 e. The summed E-state index contributed by atoms with van der Waals surface area (Å²) in [6.45, 7) is 1.63. The Bertz CT molecular complexity index is 920. The SMILES string of the molecule is N#Cc1cnc(NCCc2ccccc2)nc1NC[C@]12CC3CC(C1)[C@@H](N)[C@@H](C3)C2. The van der Waals surface area contributed by atoms with Crippen LogP contribution in [-0.4, -0.2) is 29.1 Å². The summed E-state index contributed by atoms with van der Waals surface area (Å²) >= 11 is 0. The van der Waals surface area contributed by atoms with Crippen LogP contribution in [0.4, 0.5) is 11.8 Å². The standard InChI is InChI=1S/C24H30N6/c25-13-20-14-28-23(27-7-6-16-4-2-1-3-5-16)30-22(20)29-15-24-10-17-8-18(11-24)21(26)19(9-17)12-24/h1-5,14,17-19,21H,6-12,15,26H2,(H2,27,28,29,30)/t17?,18-,19?,21-,24-/m0/s1. The second-order valence-electron chi connectivity index (χ2n) is 9.63. The van der Waals surface area contributed by atoms with Gasteiger partial charge in [0.2, 0.25) is 5.95 Å². The molecule has 4 fully saturated rings. The molecule has 156 valence electrons. The van der Waals surface area contributed by atoms with Crippen LogP contribution >= 0.6 is 0 Å². The molecule has 0 spiro atoms. The fourth-order valence-electron chi connectivity index (χ4n) is 6.37. The van der Waals surface area contributed by atoms with Crippen LogP contribution in [0.1, 0.15) is 43.2 Å². The highest BCUT2D eigenvalue weighted by Gasteiger charge is 2.54. The lowest BCUT2D eigenvalue weighted by Gasteiger charge is -2.59. The van der Waals surface area contributed by atoms with Crippen molar-refractivity contribution >= 4 is 11.8 Å². The van der Waals surface area contributed by atoms with Gasteiger partial charge in [0.05, 0.1) is 6.20 Å². The Kier molecular flexibility index (Phi) is 5.08.